The average molecular weight is 168 g/mol. The first kappa shape index (κ1) is 8.80. The number of nitrogens with one attached hydrogen (secondary N) is 1. The number of aliphatic hydroxyl groups excluding tert-OH is 1. The minimum absolute atomic E-state index is 0.278. The lowest BCUT2D eigenvalue weighted by Crippen LogP contribution is -2.44. The molecule has 1 saturated heterocycles. The molecular formula is C6H9F3NO. The summed E-state index contributed by atoms with van der Waals surface area (Å²) in [5, 5.41) is 11.2. The Morgan fingerprint density at radius 3 is 2.55 bits per heavy atom. The Balaban J connectivity index is 2.46. The predicted molar refractivity (Wildman–Crippen MR) is 32.8 cm³/mol. The quantitative estimate of drug-likeness (QED) is 0.596. The van der Waals surface area contributed by atoms with Crippen LogP contribution < -0.4 is 5.32 Å². The van der Waals surface area contributed by atoms with E-state index in [2.05, 4.69) is 5.32 Å². The smallest absolute Gasteiger partial charge is 0.382 e. The van der Waals surface area contributed by atoms with Gasteiger partial charge < -0.3 is 10.4 Å². The first-order valence-corrected chi connectivity index (χ1v) is 3.31. The fourth-order valence-corrected chi connectivity index (χ4v) is 1.05. The summed E-state index contributed by atoms with van der Waals surface area (Å²) in [4.78, 5) is 0. The fraction of sp³-hybridized carbons (Fsp3) is 0.833. The zero-order valence-corrected chi connectivity index (χ0v) is 5.73. The lowest BCUT2D eigenvalue weighted by Gasteiger charge is -2.20. The molecule has 0 unspecified atom stereocenters. The van der Waals surface area contributed by atoms with Gasteiger partial charge in [0.25, 0.3) is 0 Å². The molecule has 2 N–H and O–H groups in total. The van der Waals surface area contributed by atoms with Crippen LogP contribution in [0.25, 0.3) is 0 Å². The van der Waals surface area contributed by atoms with Crippen LogP contribution in [0.15, 0.2) is 0 Å². The van der Waals surface area contributed by atoms with Crippen molar-refractivity contribution < 1.29 is 18.3 Å². The molecule has 1 fully saturated rings. The molecule has 5 heteroatoms. The molecule has 11 heavy (non-hydrogen) atoms. The number of rotatable bonds is 1. The van der Waals surface area contributed by atoms with Gasteiger partial charge in [-0.15, -0.1) is 0 Å². The van der Waals surface area contributed by atoms with Gasteiger partial charge in [0, 0.05) is 6.04 Å². The molecule has 2 nitrogen and oxygen atoms in total. The molecule has 1 aliphatic rings. The highest BCUT2D eigenvalue weighted by atomic mass is 19.4. The molecule has 65 valence electrons. The first-order valence-electron chi connectivity index (χ1n) is 3.31. The lowest BCUT2D eigenvalue weighted by atomic mass is 10.1. The van der Waals surface area contributed by atoms with Gasteiger partial charge in [0.15, 0.2) is 6.10 Å². The molecule has 1 radical (unpaired) electrons. The summed E-state index contributed by atoms with van der Waals surface area (Å²) in [7, 11) is 0. The van der Waals surface area contributed by atoms with E-state index in [1.807, 2.05) is 0 Å². The molecule has 0 saturated carbocycles. The Bertz CT molecular complexity index is 130. The highest BCUT2D eigenvalue weighted by Gasteiger charge is 2.44. The summed E-state index contributed by atoms with van der Waals surface area (Å²) in [6, 6.07) is -0.852. The van der Waals surface area contributed by atoms with Crippen molar-refractivity contribution in [1.82, 2.24) is 5.32 Å². The van der Waals surface area contributed by atoms with Crippen LogP contribution in [-0.4, -0.2) is 30.0 Å². The van der Waals surface area contributed by atoms with Crippen LogP contribution in [0.2, 0.25) is 0 Å². The summed E-state index contributed by atoms with van der Waals surface area (Å²) < 4.78 is 35.4. The molecule has 0 spiro atoms. The van der Waals surface area contributed by atoms with Gasteiger partial charge in [0.05, 0.1) is 0 Å². The molecule has 0 bridgehead atoms. The Morgan fingerprint density at radius 1 is 1.55 bits per heavy atom. The van der Waals surface area contributed by atoms with E-state index in [9.17, 15) is 13.2 Å². The SMILES string of the molecule is O[C@@H]([C@H]1C[CH]CN1)C(F)(F)F. The van der Waals surface area contributed by atoms with Crippen LogP contribution in [0, 0.1) is 6.42 Å². The average Bonchev–Trinajstić information content (AvgIpc) is 2.34. The van der Waals surface area contributed by atoms with Crippen molar-refractivity contribution in [2.75, 3.05) is 6.54 Å². The predicted octanol–water partition coefficient (Wildman–Crippen LogP) is 0.476. The van der Waals surface area contributed by atoms with E-state index in [-0.39, 0.29) is 6.42 Å². The molecule has 0 aromatic carbocycles. The van der Waals surface area contributed by atoms with E-state index in [0.29, 0.717) is 6.54 Å². The van der Waals surface area contributed by atoms with Crippen molar-refractivity contribution >= 4 is 0 Å². The van der Waals surface area contributed by atoms with Crippen LogP contribution in [0.5, 0.6) is 0 Å². The summed E-state index contributed by atoms with van der Waals surface area (Å²) in [5.41, 5.74) is 0. The molecule has 1 aliphatic heterocycles. The van der Waals surface area contributed by atoms with Gasteiger partial charge in [-0.3, -0.25) is 0 Å². The largest absolute Gasteiger partial charge is 0.415 e. The molecule has 1 rings (SSSR count). The van der Waals surface area contributed by atoms with Gasteiger partial charge in [-0.25, -0.2) is 0 Å². The standard InChI is InChI=1S/C6H9F3NO/c7-6(8,9)5(11)4-2-1-3-10-4/h1,4-5,10-11H,2-3H2/t4-,5+/m1/s1. The maximum absolute atomic E-state index is 11.8. The monoisotopic (exact) mass is 168 g/mol. The summed E-state index contributed by atoms with van der Waals surface area (Å²) >= 11 is 0. The third-order valence-corrected chi connectivity index (χ3v) is 1.66. The van der Waals surface area contributed by atoms with E-state index in [1.54, 1.807) is 6.42 Å². The molecule has 0 aliphatic carbocycles. The molecule has 2 atom stereocenters. The van der Waals surface area contributed by atoms with Gasteiger partial charge in [-0.05, 0) is 19.4 Å². The molecular weight excluding hydrogens is 159 g/mol. The fourth-order valence-electron chi connectivity index (χ4n) is 1.05. The zero-order valence-electron chi connectivity index (χ0n) is 5.73. The summed E-state index contributed by atoms with van der Waals surface area (Å²) in [5.74, 6) is 0. The van der Waals surface area contributed by atoms with Crippen LogP contribution in [0.4, 0.5) is 13.2 Å². The number of hydrogen-bond acceptors (Lipinski definition) is 2. The first-order chi connectivity index (χ1) is 5.02. The van der Waals surface area contributed by atoms with E-state index >= 15 is 0 Å². The number of halogens is 3. The Labute approximate surface area is 62.4 Å². The van der Waals surface area contributed by atoms with Crippen molar-refractivity contribution in [3.63, 3.8) is 0 Å². The Kier molecular flexibility index (Phi) is 2.39. The van der Waals surface area contributed by atoms with Gasteiger partial charge in [-0.1, -0.05) is 0 Å². The van der Waals surface area contributed by atoms with Crippen molar-refractivity contribution in [2.45, 2.75) is 24.7 Å². The van der Waals surface area contributed by atoms with Crippen molar-refractivity contribution in [3.05, 3.63) is 6.42 Å². The Hall–Kier alpha value is -0.290. The van der Waals surface area contributed by atoms with Gasteiger partial charge in [0.1, 0.15) is 0 Å². The van der Waals surface area contributed by atoms with E-state index in [1.165, 1.54) is 0 Å². The minimum atomic E-state index is -4.50. The van der Waals surface area contributed by atoms with Crippen molar-refractivity contribution in [3.8, 4) is 0 Å². The third kappa shape index (κ3) is 2.07. The van der Waals surface area contributed by atoms with Crippen LogP contribution >= 0.6 is 0 Å². The summed E-state index contributed by atoms with van der Waals surface area (Å²) in [6.45, 7) is 0.442. The second kappa shape index (κ2) is 2.98. The third-order valence-electron chi connectivity index (χ3n) is 1.66. The van der Waals surface area contributed by atoms with E-state index < -0.39 is 18.3 Å². The van der Waals surface area contributed by atoms with Crippen molar-refractivity contribution in [1.29, 1.82) is 0 Å². The van der Waals surface area contributed by atoms with E-state index in [4.69, 9.17) is 5.11 Å². The lowest BCUT2D eigenvalue weighted by molar-refractivity contribution is -0.210. The number of alkyl halides is 3. The molecule has 0 aromatic heterocycles. The second-order valence-corrected chi connectivity index (χ2v) is 2.53. The van der Waals surface area contributed by atoms with Gasteiger partial charge >= 0.3 is 6.18 Å². The van der Waals surface area contributed by atoms with Crippen LogP contribution in [0.3, 0.4) is 0 Å². The highest BCUT2D eigenvalue weighted by Crippen LogP contribution is 2.25. The maximum Gasteiger partial charge on any atom is 0.415 e. The van der Waals surface area contributed by atoms with Gasteiger partial charge in [0.2, 0.25) is 0 Å². The number of hydrogen-bond donors (Lipinski definition) is 2. The molecule has 0 aromatic rings. The zero-order chi connectivity index (χ0) is 8.48. The summed E-state index contributed by atoms with van der Waals surface area (Å²) in [6.07, 6.45) is -4.78. The molecule has 0 amide bonds. The second-order valence-electron chi connectivity index (χ2n) is 2.53. The van der Waals surface area contributed by atoms with Crippen LogP contribution in [0.1, 0.15) is 6.42 Å². The number of aliphatic hydroxyl groups is 1. The maximum atomic E-state index is 11.8. The topological polar surface area (TPSA) is 32.3 Å². The van der Waals surface area contributed by atoms with Crippen LogP contribution in [-0.2, 0) is 0 Å². The van der Waals surface area contributed by atoms with E-state index in [0.717, 1.165) is 0 Å². The van der Waals surface area contributed by atoms with Gasteiger partial charge in [-0.2, -0.15) is 13.2 Å². The molecule has 1 heterocycles. The highest BCUT2D eigenvalue weighted by molar-refractivity contribution is 4.93. The normalized spacial score (nSPS) is 28.9. The Morgan fingerprint density at radius 2 is 2.18 bits per heavy atom. The van der Waals surface area contributed by atoms with Crippen molar-refractivity contribution in [2.24, 2.45) is 0 Å². The minimum Gasteiger partial charge on any atom is -0.382 e.